The lowest BCUT2D eigenvalue weighted by molar-refractivity contribution is 0.295. The third-order valence-corrected chi connectivity index (χ3v) is 5.27. The van der Waals surface area contributed by atoms with Gasteiger partial charge >= 0.3 is 0 Å². The molecule has 21 heavy (non-hydrogen) atoms. The van der Waals surface area contributed by atoms with Crippen LogP contribution in [0.4, 0.5) is 0 Å². The molecule has 1 heterocycles. The number of likely N-dealkylation sites (N-methyl/N-ethyl adjacent to an activating group) is 1. The van der Waals surface area contributed by atoms with E-state index < -0.39 is 0 Å². The van der Waals surface area contributed by atoms with Crippen molar-refractivity contribution in [3.8, 4) is 0 Å². The van der Waals surface area contributed by atoms with Gasteiger partial charge in [0.1, 0.15) is 0 Å². The number of fused-ring (bicyclic) bond motifs is 1. The van der Waals surface area contributed by atoms with Crippen molar-refractivity contribution in [1.29, 1.82) is 0 Å². The highest BCUT2D eigenvalue weighted by atomic mass is 35.5. The summed E-state index contributed by atoms with van der Waals surface area (Å²) in [4.78, 5) is 3.61. The maximum atomic E-state index is 6.41. The van der Waals surface area contributed by atoms with Gasteiger partial charge in [0.05, 0.1) is 0 Å². The lowest BCUT2D eigenvalue weighted by Crippen LogP contribution is -2.31. The van der Waals surface area contributed by atoms with Crippen LogP contribution < -0.4 is 0 Å². The molecule has 0 fully saturated rings. The molecule has 4 heteroatoms. The summed E-state index contributed by atoms with van der Waals surface area (Å²) < 4.78 is 0. The van der Waals surface area contributed by atoms with Gasteiger partial charge in [0.25, 0.3) is 0 Å². The SMILES string of the molecule is CSc1cccc([C@H]2CN(C)Cc3c(Cl)cc(Cl)cc32)c1. The van der Waals surface area contributed by atoms with Crippen LogP contribution in [0.15, 0.2) is 41.3 Å². The highest BCUT2D eigenvalue weighted by Gasteiger charge is 2.27. The summed E-state index contributed by atoms with van der Waals surface area (Å²) in [7, 11) is 2.14. The Labute approximate surface area is 140 Å². The van der Waals surface area contributed by atoms with Crippen LogP contribution in [0.3, 0.4) is 0 Å². The van der Waals surface area contributed by atoms with Crippen LogP contribution >= 0.6 is 35.0 Å². The Morgan fingerprint density at radius 1 is 1.19 bits per heavy atom. The molecule has 3 rings (SSSR count). The first kappa shape index (κ1) is 15.2. The molecule has 0 bridgehead atoms. The predicted molar refractivity (Wildman–Crippen MR) is 92.9 cm³/mol. The van der Waals surface area contributed by atoms with E-state index in [0.717, 1.165) is 18.1 Å². The van der Waals surface area contributed by atoms with E-state index in [-0.39, 0.29) is 0 Å². The van der Waals surface area contributed by atoms with Gasteiger partial charge in [-0.2, -0.15) is 0 Å². The molecule has 1 nitrogen and oxygen atoms in total. The maximum absolute atomic E-state index is 6.41. The lowest BCUT2D eigenvalue weighted by atomic mass is 9.85. The van der Waals surface area contributed by atoms with Crippen molar-refractivity contribution in [1.82, 2.24) is 4.90 Å². The quantitative estimate of drug-likeness (QED) is 0.684. The molecule has 0 amide bonds. The molecule has 2 aromatic carbocycles. The van der Waals surface area contributed by atoms with Gasteiger partial charge in [-0.1, -0.05) is 35.3 Å². The summed E-state index contributed by atoms with van der Waals surface area (Å²) in [5, 5.41) is 1.49. The zero-order chi connectivity index (χ0) is 15.0. The van der Waals surface area contributed by atoms with E-state index >= 15 is 0 Å². The van der Waals surface area contributed by atoms with Crippen molar-refractivity contribution < 1.29 is 0 Å². The van der Waals surface area contributed by atoms with Gasteiger partial charge in [-0.3, -0.25) is 0 Å². The van der Waals surface area contributed by atoms with Crippen LogP contribution in [0.1, 0.15) is 22.6 Å². The van der Waals surface area contributed by atoms with Gasteiger partial charge < -0.3 is 4.90 Å². The Bertz CT molecular complexity index is 672. The number of halogens is 2. The number of nitrogens with zero attached hydrogens (tertiary/aromatic N) is 1. The first-order valence-electron chi connectivity index (χ1n) is 6.89. The molecule has 0 radical (unpaired) electrons. The zero-order valence-corrected chi connectivity index (χ0v) is 14.4. The van der Waals surface area contributed by atoms with Crippen molar-refractivity contribution in [2.24, 2.45) is 0 Å². The van der Waals surface area contributed by atoms with Gasteiger partial charge in [0, 0.05) is 33.9 Å². The summed E-state index contributed by atoms with van der Waals surface area (Å²) in [6, 6.07) is 12.7. The van der Waals surface area contributed by atoms with E-state index in [1.165, 1.54) is 21.6 Å². The molecule has 0 spiro atoms. The summed E-state index contributed by atoms with van der Waals surface area (Å²) in [6.07, 6.45) is 2.10. The van der Waals surface area contributed by atoms with E-state index in [4.69, 9.17) is 23.2 Å². The van der Waals surface area contributed by atoms with Crippen LogP contribution in [0, 0.1) is 0 Å². The number of rotatable bonds is 2. The number of benzene rings is 2. The Balaban J connectivity index is 2.12. The van der Waals surface area contributed by atoms with Gasteiger partial charge in [-0.15, -0.1) is 11.8 Å². The molecule has 0 saturated heterocycles. The molecule has 0 aliphatic carbocycles. The Kier molecular flexibility index (Phi) is 4.51. The van der Waals surface area contributed by atoms with E-state index in [1.807, 2.05) is 6.07 Å². The molecule has 0 saturated carbocycles. The molecule has 110 valence electrons. The van der Waals surface area contributed by atoms with Crippen LogP contribution in [0.25, 0.3) is 0 Å². The predicted octanol–water partition coefficient (Wildman–Crippen LogP) is 5.29. The van der Waals surface area contributed by atoms with Gasteiger partial charge in [0.2, 0.25) is 0 Å². The standard InChI is InChI=1S/C17H17Cl2NS/c1-20-9-15(11-4-3-5-13(6-11)21-2)14-7-12(18)8-17(19)16(14)10-20/h3-8,15H,9-10H2,1-2H3/t15-/m1/s1. The van der Waals surface area contributed by atoms with Crippen molar-refractivity contribution in [3.63, 3.8) is 0 Å². The second kappa shape index (κ2) is 6.21. The third kappa shape index (κ3) is 3.09. The topological polar surface area (TPSA) is 3.24 Å². The average Bonchev–Trinajstić information content (AvgIpc) is 2.47. The first-order chi connectivity index (χ1) is 10.1. The molecule has 1 aliphatic rings. The molecule has 0 unspecified atom stereocenters. The highest BCUT2D eigenvalue weighted by Crippen LogP contribution is 2.38. The summed E-state index contributed by atoms with van der Waals surface area (Å²) in [5.74, 6) is 0.321. The molecule has 0 aromatic heterocycles. The maximum Gasteiger partial charge on any atom is 0.0468 e. The van der Waals surface area contributed by atoms with Crippen molar-refractivity contribution >= 4 is 35.0 Å². The second-order valence-corrected chi connectivity index (χ2v) is 7.20. The molecule has 1 aliphatic heterocycles. The number of thioether (sulfide) groups is 1. The fourth-order valence-corrected chi connectivity index (χ4v) is 4.03. The average molecular weight is 338 g/mol. The van der Waals surface area contributed by atoms with Crippen LogP contribution in [0.2, 0.25) is 10.0 Å². The highest BCUT2D eigenvalue weighted by molar-refractivity contribution is 7.98. The van der Waals surface area contributed by atoms with Gasteiger partial charge in [-0.05, 0) is 54.3 Å². The van der Waals surface area contributed by atoms with E-state index in [0.29, 0.717) is 10.9 Å². The molecular formula is C17H17Cl2NS. The van der Waals surface area contributed by atoms with Crippen LogP contribution in [-0.2, 0) is 6.54 Å². The van der Waals surface area contributed by atoms with Gasteiger partial charge in [0.15, 0.2) is 0 Å². The van der Waals surface area contributed by atoms with Gasteiger partial charge in [-0.25, -0.2) is 0 Å². The summed E-state index contributed by atoms with van der Waals surface area (Å²) in [5.41, 5.74) is 3.80. The van der Waals surface area contributed by atoms with Crippen molar-refractivity contribution in [2.75, 3.05) is 19.8 Å². The summed E-state index contributed by atoms with van der Waals surface area (Å²) in [6.45, 7) is 1.87. The second-order valence-electron chi connectivity index (χ2n) is 5.48. The monoisotopic (exact) mass is 337 g/mol. The molecule has 0 N–H and O–H groups in total. The largest absolute Gasteiger partial charge is 0.301 e. The lowest BCUT2D eigenvalue weighted by Gasteiger charge is -2.33. The van der Waals surface area contributed by atoms with Crippen molar-refractivity contribution in [2.45, 2.75) is 17.4 Å². The molecular weight excluding hydrogens is 321 g/mol. The molecule has 2 aromatic rings. The zero-order valence-electron chi connectivity index (χ0n) is 12.1. The Hall–Kier alpha value is -0.670. The van der Waals surface area contributed by atoms with E-state index in [1.54, 1.807) is 11.8 Å². The van der Waals surface area contributed by atoms with Crippen molar-refractivity contribution in [3.05, 3.63) is 63.1 Å². The summed E-state index contributed by atoms with van der Waals surface area (Å²) >= 11 is 14.4. The third-order valence-electron chi connectivity index (χ3n) is 3.99. The normalized spacial score (nSPS) is 18.6. The number of hydrogen-bond donors (Lipinski definition) is 0. The van der Waals surface area contributed by atoms with E-state index in [2.05, 4.69) is 48.5 Å². The Morgan fingerprint density at radius 3 is 2.76 bits per heavy atom. The fraction of sp³-hybridized carbons (Fsp3) is 0.294. The number of hydrogen-bond acceptors (Lipinski definition) is 2. The fourth-order valence-electron chi connectivity index (χ4n) is 2.99. The minimum Gasteiger partial charge on any atom is -0.301 e. The van der Waals surface area contributed by atoms with E-state index in [9.17, 15) is 0 Å². The Morgan fingerprint density at radius 2 is 2.00 bits per heavy atom. The molecule has 1 atom stereocenters. The first-order valence-corrected chi connectivity index (χ1v) is 8.87. The van der Waals surface area contributed by atoms with Crippen LogP contribution in [0.5, 0.6) is 0 Å². The van der Waals surface area contributed by atoms with Crippen LogP contribution in [-0.4, -0.2) is 24.7 Å². The minimum absolute atomic E-state index is 0.321. The smallest absolute Gasteiger partial charge is 0.0468 e. The minimum atomic E-state index is 0.321.